The van der Waals surface area contributed by atoms with Crippen LogP contribution in [0.4, 0.5) is 10.1 Å². The van der Waals surface area contributed by atoms with E-state index in [1.54, 1.807) is 6.07 Å². The maximum Gasteiger partial charge on any atom is 0.231 e. The fourth-order valence-electron chi connectivity index (χ4n) is 5.63. The number of hydrogen-bond donors (Lipinski definition) is 0. The molecule has 0 N–H and O–H groups in total. The summed E-state index contributed by atoms with van der Waals surface area (Å²) in [6, 6.07) is 11.8. The van der Waals surface area contributed by atoms with Gasteiger partial charge in [0.15, 0.2) is 11.5 Å². The molecular weight excluding hydrogens is 367 g/mol. The van der Waals surface area contributed by atoms with Gasteiger partial charge < -0.3 is 14.4 Å². The molecule has 154 valence electrons. The monoisotopic (exact) mass is 396 g/mol. The Bertz CT molecular complexity index is 929. The molecule has 5 rings (SSSR count). The molecule has 2 aromatic carbocycles. The van der Waals surface area contributed by atoms with Crippen molar-refractivity contribution >= 4 is 5.69 Å². The van der Waals surface area contributed by atoms with Crippen LogP contribution in [0.2, 0.25) is 0 Å². The van der Waals surface area contributed by atoms with E-state index in [-0.39, 0.29) is 11.4 Å². The molecule has 2 atom stereocenters. The standard InChI is InChI=1S/C24H29FN2O2/c1-16-9-22-23(29-15-28-22)10-17(16)13-26-8-7-21-18(14-26)12-24(2,3)27(21)20-6-4-5-19(25)11-20/h4-6,9-11,18,21H,7-8,12-15H2,1-3H3/t18-,21+/m1/s1. The molecule has 0 bridgehead atoms. The van der Waals surface area contributed by atoms with Crippen LogP contribution < -0.4 is 14.4 Å². The van der Waals surface area contributed by atoms with E-state index in [2.05, 4.69) is 48.8 Å². The number of anilines is 1. The zero-order valence-corrected chi connectivity index (χ0v) is 17.5. The summed E-state index contributed by atoms with van der Waals surface area (Å²) in [5.41, 5.74) is 3.62. The van der Waals surface area contributed by atoms with Crippen molar-refractivity contribution in [3.8, 4) is 11.5 Å². The maximum absolute atomic E-state index is 13.9. The molecule has 4 nitrogen and oxygen atoms in total. The highest BCUT2D eigenvalue weighted by Gasteiger charge is 2.48. The highest BCUT2D eigenvalue weighted by molar-refractivity contribution is 5.52. The Kier molecular flexibility index (Phi) is 4.46. The van der Waals surface area contributed by atoms with Crippen molar-refractivity contribution in [2.24, 2.45) is 5.92 Å². The summed E-state index contributed by atoms with van der Waals surface area (Å²) in [6.45, 7) is 10.1. The summed E-state index contributed by atoms with van der Waals surface area (Å²) in [5, 5.41) is 0. The summed E-state index contributed by atoms with van der Waals surface area (Å²) in [4.78, 5) is 5.04. The SMILES string of the molecule is Cc1cc2c(cc1CN1CC[C@H]3[C@@H](C1)CC(C)(C)N3c1cccc(F)c1)OCO2. The van der Waals surface area contributed by atoms with Crippen LogP contribution in [0.25, 0.3) is 0 Å². The van der Waals surface area contributed by atoms with Gasteiger partial charge >= 0.3 is 0 Å². The van der Waals surface area contributed by atoms with E-state index in [9.17, 15) is 4.39 Å². The number of ether oxygens (including phenoxy) is 2. The topological polar surface area (TPSA) is 24.9 Å². The van der Waals surface area contributed by atoms with Crippen molar-refractivity contribution in [1.29, 1.82) is 0 Å². The lowest BCUT2D eigenvalue weighted by Gasteiger charge is -2.42. The Balaban J connectivity index is 1.33. The minimum atomic E-state index is -0.155. The molecular formula is C24H29FN2O2. The molecule has 0 aliphatic carbocycles. The van der Waals surface area contributed by atoms with Crippen molar-refractivity contribution in [3.63, 3.8) is 0 Å². The lowest BCUT2D eigenvalue weighted by molar-refractivity contribution is 0.160. The predicted molar refractivity (Wildman–Crippen MR) is 112 cm³/mol. The molecule has 2 fully saturated rings. The third-order valence-corrected chi connectivity index (χ3v) is 6.83. The maximum atomic E-state index is 13.9. The number of fused-ring (bicyclic) bond motifs is 2. The Morgan fingerprint density at radius 1 is 1.14 bits per heavy atom. The summed E-state index contributed by atoms with van der Waals surface area (Å²) in [7, 11) is 0. The minimum absolute atomic E-state index is 0.0355. The lowest BCUT2D eigenvalue weighted by atomic mass is 9.89. The molecule has 3 heterocycles. The van der Waals surface area contributed by atoms with Crippen LogP contribution >= 0.6 is 0 Å². The number of halogens is 1. The van der Waals surface area contributed by atoms with Crippen LogP contribution in [0.15, 0.2) is 36.4 Å². The predicted octanol–water partition coefficient (Wildman–Crippen LogP) is 4.74. The molecule has 0 spiro atoms. The number of rotatable bonds is 3. The number of nitrogens with zero attached hydrogens (tertiary/aromatic N) is 2. The number of piperidine rings is 1. The third kappa shape index (κ3) is 3.35. The fraction of sp³-hybridized carbons (Fsp3) is 0.500. The Morgan fingerprint density at radius 3 is 2.72 bits per heavy atom. The minimum Gasteiger partial charge on any atom is -0.454 e. The Morgan fingerprint density at radius 2 is 1.93 bits per heavy atom. The number of hydrogen-bond acceptors (Lipinski definition) is 4. The van der Waals surface area contributed by atoms with Crippen LogP contribution in [0, 0.1) is 18.7 Å². The van der Waals surface area contributed by atoms with Crippen LogP contribution in [0.3, 0.4) is 0 Å². The van der Waals surface area contributed by atoms with Crippen LogP contribution in [0.5, 0.6) is 11.5 Å². The van der Waals surface area contributed by atoms with Gasteiger partial charge in [0.25, 0.3) is 0 Å². The average molecular weight is 397 g/mol. The number of benzene rings is 2. The molecule has 0 saturated carbocycles. The smallest absolute Gasteiger partial charge is 0.231 e. The van der Waals surface area contributed by atoms with E-state index < -0.39 is 0 Å². The van der Waals surface area contributed by atoms with Crippen molar-refractivity contribution in [1.82, 2.24) is 4.90 Å². The molecule has 0 amide bonds. The summed E-state index contributed by atoms with van der Waals surface area (Å²) >= 11 is 0. The Hall–Kier alpha value is -2.27. The van der Waals surface area contributed by atoms with Crippen LogP contribution in [-0.2, 0) is 6.54 Å². The van der Waals surface area contributed by atoms with Crippen molar-refractivity contribution in [2.45, 2.75) is 51.7 Å². The molecule has 3 aliphatic rings. The fourth-order valence-corrected chi connectivity index (χ4v) is 5.63. The molecule has 2 saturated heterocycles. The lowest BCUT2D eigenvalue weighted by Crippen LogP contribution is -2.48. The van der Waals surface area contributed by atoms with Gasteiger partial charge in [-0.05, 0) is 81.0 Å². The van der Waals surface area contributed by atoms with Gasteiger partial charge in [0.1, 0.15) is 5.82 Å². The van der Waals surface area contributed by atoms with E-state index in [1.165, 1.54) is 17.2 Å². The largest absolute Gasteiger partial charge is 0.454 e. The average Bonchev–Trinajstić information content (AvgIpc) is 3.21. The van der Waals surface area contributed by atoms with Crippen molar-refractivity contribution in [3.05, 3.63) is 53.3 Å². The normalized spacial score (nSPS) is 25.3. The zero-order valence-electron chi connectivity index (χ0n) is 17.5. The zero-order chi connectivity index (χ0) is 20.2. The van der Waals surface area contributed by atoms with Gasteiger partial charge in [0.05, 0.1) is 0 Å². The van der Waals surface area contributed by atoms with Crippen molar-refractivity contribution < 1.29 is 13.9 Å². The van der Waals surface area contributed by atoms with Gasteiger partial charge in [-0.25, -0.2) is 4.39 Å². The first-order chi connectivity index (χ1) is 13.9. The first-order valence-electron chi connectivity index (χ1n) is 10.6. The highest BCUT2D eigenvalue weighted by atomic mass is 19.1. The first kappa shape index (κ1) is 18.7. The summed E-state index contributed by atoms with van der Waals surface area (Å²) in [6.07, 6.45) is 2.24. The molecule has 5 heteroatoms. The van der Waals surface area contributed by atoms with Gasteiger partial charge in [0, 0.05) is 36.9 Å². The number of aryl methyl sites for hydroxylation is 1. The van der Waals surface area contributed by atoms with Gasteiger partial charge in [-0.3, -0.25) is 4.90 Å². The molecule has 0 radical (unpaired) electrons. The molecule has 2 aromatic rings. The van der Waals surface area contributed by atoms with Gasteiger partial charge in [0.2, 0.25) is 6.79 Å². The Labute approximate surface area is 172 Å². The molecule has 29 heavy (non-hydrogen) atoms. The van der Waals surface area contributed by atoms with Gasteiger partial charge in [-0.15, -0.1) is 0 Å². The second-order valence-corrected chi connectivity index (χ2v) is 9.35. The second kappa shape index (κ2) is 6.91. The first-order valence-corrected chi connectivity index (χ1v) is 10.6. The van der Waals surface area contributed by atoms with Crippen LogP contribution in [-0.4, -0.2) is 36.4 Å². The van der Waals surface area contributed by atoms with E-state index in [1.807, 2.05) is 6.07 Å². The van der Waals surface area contributed by atoms with E-state index in [0.717, 1.165) is 49.7 Å². The van der Waals surface area contributed by atoms with Crippen molar-refractivity contribution in [2.75, 3.05) is 24.8 Å². The van der Waals surface area contributed by atoms with E-state index >= 15 is 0 Å². The molecule has 3 aliphatic heterocycles. The van der Waals surface area contributed by atoms with Gasteiger partial charge in [-0.2, -0.15) is 0 Å². The second-order valence-electron chi connectivity index (χ2n) is 9.35. The van der Waals surface area contributed by atoms with E-state index in [0.29, 0.717) is 18.8 Å². The summed E-state index contributed by atoms with van der Waals surface area (Å²) < 4.78 is 25.0. The van der Waals surface area contributed by atoms with E-state index in [4.69, 9.17) is 9.47 Å². The summed E-state index contributed by atoms with van der Waals surface area (Å²) in [5.74, 6) is 2.15. The number of likely N-dealkylation sites (tertiary alicyclic amines) is 1. The molecule has 0 aromatic heterocycles. The quantitative estimate of drug-likeness (QED) is 0.748. The van der Waals surface area contributed by atoms with Crippen LogP contribution in [0.1, 0.15) is 37.8 Å². The molecule has 0 unspecified atom stereocenters. The highest BCUT2D eigenvalue weighted by Crippen LogP contribution is 2.45. The van der Waals surface area contributed by atoms with Gasteiger partial charge in [-0.1, -0.05) is 6.07 Å². The third-order valence-electron chi connectivity index (χ3n) is 6.83.